The predicted molar refractivity (Wildman–Crippen MR) is 83.7 cm³/mol. The van der Waals surface area contributed by atoms with Gasteiger partial charge in [-0.3, -0.25) is 0 Å². The van der Waals surface area contributed by atoms with Gasteiger partial charge in [0.2, 0.25) is 0 Å². The molecule has 0 aliphatic rings. The van der Waals surface area contributed by atoms with Crippen molar-refractivity contribution in [3.05, 3.63) is 77.8 Å². The summed E-state index contributed by atoms with van der Waals surface area (Å²) in [5.41, 5.74) is 2.53. The van der Waals surface area contributed by atoms with E-state index in [2.05, 4.69) is 60.7 Å². The number of hydrogen-bond acceptors (Lipinski definition) is 0. The quantitative estimate of drug-likeness (QED) is 0.609. The number of rotatable bonds is 2. The van der Waals surface area contributed by atoms with Gasteiger partial charge >= 0.3 is 124 Å². The van der Waals surface area contributed by atoms with Gasteiger partial charge in [0.1, 0.15) is 0 Å². The van der Waals surface area contributed by atoms with Crippen molar-refractivity contribution in [2.45, 2.75) is 0 Å². The van der Waals surface area contributed by atoms with Gasteiger partial charge in [-0.05, 0) is 0 Å². The summed E-state index contributed by atoms with van der Waals surface area (Å²) in [5, 5.41) is 0.811. The molecule has 100 valence electrons. The maximum atomic E-state index is 6.28. The number of halogens is 2. The fourth-order valence-corrected chi connectivity index (χ4v) is 4.81. The molecule has 0 N–H and O–H groups in total. The van der Waals surface area contributed by atoms with Crippen molar-refractivity contribution in [1.29, 1.82) is 0 Å². The first-order chi connectivity index (χ1) is 9.33. The molecule has 0 aliphatic heterocycles. The zero-order chi connectivity index (χ0) is 13.1. The van der Waals surface area contributed by atoms with E-state index in [0.717, 1.165) is 5.02 Å². The van der Waals surface area contributed by atoms with Gasteiger partial charge in [0.15, 0.2) is 0 Å². The standard InChI is InChI=1S/C17H12ClSe.ClH/c18-15-11-16(13-7-3-1-4-8-13)19-17(12-15)14-9-5-2-6-10-14;/h1-12H;1H/q+1;/p-1. The van der Waals surface area contributed by atoms with Gasteiger partial charge in [0, 0.05) is 0 Å². The second kappa shape index (κ2) is 7.06. The Hall–Kier alpha value is -1.11. The molecule has 3 heteroatoms. The van der Waals surface area contributed by atoms with Crippen molar-refractivity contribution in [1.82, 2.24) is 0 Å². The van der Waals surface area contributed by atoms with Gasteiger partial charge < -0.3 is 12.4 Å². The Bertz CT molecular complexity index is 624. The van der Waals surface area contributed by atoms with Gasteiger partial charge in [-0.15, -0.1) is 0 Å². The van der Waals surface area contributed by atoms with E-state index in [4.69, 9.17) is 11.6 Å². The Labute approximate surface area is 136 Å². The summed E-state index contributed by atoms with van der Waals surface area (Å²) in [6, 6.07) is 25.1. The summed E-state index contributed by atoms with van der Waals surface area (Å²) in [7, 11) is 0. The molecule has 0 nitrogen and oxygen atoms in total. The molecule has 2 aromatic carbocycles. The van der Waals surface area contributed by atoms with E-state index in [0.29, 0.717) is 14.5 Å². The van der Waals surface area contributed by atoms with Crippen LogP contribution in [0.2, 0.25) is 5.02 Å². The average molecular weight is 366 g/mol. The van der Waals surface area contributed by atoms with Crippen LogP contribution in [0.4, 0.5) is 0 Å². The summed E-state index contributed by atoms with van der Waals surface area (Å²) >= 11 is 6.57. The molecular weight excluding hydrogens is 354 g/mol. The van der Waals surface area contributed by atoms with Crippen molar-refractivity contribution in [2.24, 2.45) is 0 Å². The minimum atomic E-state index is 0. The summed E-state index contributed by atoms with van der Waals surface area (Å²) in [4.78, 5) is 0. The van der Waals surface area contributed by atoms with Gasteiger partial charge in [-0.1, -0.05) is 0 Å². The maximum Gasteiger partial charge on any atom is -1.00 e. The van der Waals surface area contributed by atoms with Crippen molar-refractivity contribution < 1.29 is 12.4 Å². The van der Waals surface area contributed by atoms with Crippen LogP contribution in [0, 0.1) is 0 Å². The molecule has 3 aromatic rings. The molecule has 0 bridgehead atoms. The molecule has 0 amide bonds. The van der Waals surface area contributed by atoms with Crippen LogP contribution in [0.1, 0.15) is 0 Å². The summed E-state index contributed by atoms with van der Waals surface area (Å²) in [5.74, 6) is 0. The van der Waals surface area contributed by atoms with Crippen LogP contribution >= 0.6 is 11.6 Å². The molecule has 3 rings (SSSR count). The van der Waals surface area contributed by atoms with Gasteiger partial charge in [0.05, 0.1) is 0 Å². The largest absolute Gasteiger partial charge is 1.00 e. The molecule has 0 atom stereocenters. The SMILES string of the molecule is Clc1cc(-c2ccccc2)[se+]c(-c2ccccc2)c1.[Cl-]. The molecule has 0 saturated heterocycles. The van der Waals surface area contributed by atoms with Gasteiger partial charge in [0.25, 0.3) is 0 Å². The first kappa shape index (κ1) is 15.3. The van der Waals surface area contributed by atoms with Gasteiger partial charge in [-0.2, -0.15) is 0 Å². The topological polar surface area (TPSA) is 0 Å². The van der Waals surface area contributed by atoms with Crippen LogP contribution in [0.5, 0.6) is 0 Å². The van der Waals surface area contributed by atoms with Crippen LogP contribution in [-0.4, -0.2) is 14.5 Å². The molecule has 1 aromatic heterocycles. The van der Waals surface area contributed by atoms with Crippen LogP contribution < -0.4 is 12.4 Å². The molecule has 0 radical (unpaired) electrons. The van der Waals surface area contributed by atoms with Crippen molar-refractivity contribution >= 4 is 26.1 Å². The smallest absolute Gasteiger partial charge is 1.00 e. The fraction of sp³-hybridized carbons (Fsp3) is 0. The zero-order valence-corrected chi connectivity index (χ0v) is 13.8. The van der Waals surface area contributed by atoms with E-state index < -0.39 is 0 Å². The maximum absolute atomic E-state index is 6.28. The van der Waals surface area contributed by atoms with Crippen molar-refractivity contribution in [3.8, 4) is 20.0 Å². The number of hydrogen-bond donors (Lipinski definition) is 0. The summed E-state index contributed by atoms with van der Waals surface area (Å²) in [6.07, 6.45) is 0. The van der Waals surface area contributed by atoms with E-state index in [1.54, 1.807) is 0 Å². The molecule has 0 aliphatic carbocycles. The van der Waals surface area contributed by atoms with E-state index in [9.17, 15) is 0 Å². The van der Waals surface area contributed by atoms with Crippen LogP contribution in [0.3, 0.4) is 0 Å². The minimum Gasteiger partial charge on any atom is -1.00 e. The second-order valence-corrected chi connectivity index (χ2v) is 6.95. The van der Waals surface area contributed by atoms with Crippen molar-refractivity contribution in [3.63, 3.8) is 0 Å². The third-order valence-electron chi connectivity index (χ3n) is 2.87. The van der Waals surface area contributed by atoms with E-state index >= 15 is 0 Å². The third kappa shape index (κ3) is 3.50. The van der Waals surface area contributed by atoms with Crippen LogP contribution in [0.15, 0.2) is 72.8 Å². The number of benzene rings is 2. The molecule has 0 unspecified atom stereocenters. The van der Waals surface area contributed by atoms with Crippen molar-refractivity contribution in [2.75, 3.05) is 0 Å². The summed E-state index contributed by atoms with van der Waals surface area (Å²) in [6.45, 7) is 0. The third-order valence-corrected chi connectivity index (χ3v) is 5.50. The monoisotopic (exact) mass is 366 g/mol. The normalized spacial score (nSPS) is 9.85. The average Bonchev–Trinajstić information content (AvgIpc) is 2.48. The van der Waals surface area contributed by atoms with E-state index in [1.165, 1.54) is 20.0 Å². The molecule has 0 saturated carbocycles. The van der Waals surface area contributed by atoms with Gasteiger partial charge in [-0.25, -0.2) is 0 Å². The Balaban J connectivity index is 0.00000147. The Morgan fingerprint density at radius 3 is 1.45 bits per heavy atom. The molecule has 1 heterocycles. The molecular formula is C17H12Cl2Se. The predicted octanol–water partition coefficient (Wildman–Crippen LogP) is 2.02. The summed E-state index contributed by atoms with van der Waals surface area (Å²) < 4.78 is 2.67. The molecule has 20 heavy (non-hydrogen) atoms. The van der Waals surface area contributed by atoms with E-state index in [-0.39, 0.29) is 12.4 Å². The Morgan fingerprint density at radius 2 is 1.05 bits per heavy atom. The minimum absolute atomic E-state index is 0. The fourth-order valence-electron chi connectivity index (χ4n) is 1.96. The molecule has 0 fully saturated rings. The Morgan fingerprint density at radius 1 is 0.650 bits per heavy atom. The van der Waals surface area contributed by atoms with Crippen LogP contribution in [-0.2, 0) is 0 Å². The van der Waals surface area contributed by atoms with Crippen LogP contribution in [0.25, 0.3) is 20.0 Å². The first-order valence-electron chi connectivity index (χ1n) is 6.07. The first-order valence-corrected chi connectivity index (χ1v) is 8.16. The zero-order valence-electron chi connectivity index (χ0n) is 10.6. The van der Waals surface area contributed by atoms with E-state index in [1.807, 2.05) is 12.1 Å². The Kier molecular flexibility index (Phi) is 5.39. The molecule has 0 spiro atoms. The second-order valence-electron chi connectivity index (χ2n) is 4.24.